The first-order valence-electron chi connectivity index (χ1n) is 7.06. The van der Waals surface area contributed by atoms with Crippen molar-refractivity contribution in [2.45, 2.75) is 6.92 Å². The molecule has 0 atom stereocenters. The highest BCUT2D eigenvalue weighted by Gasteiger charge is 2.18. The fraction of sp³-hybridized carbons (Fsp3) is 0.0556. The third-order valence-corrected chi connectivity index (χ3v) is 3.73. The van der Waals surface area contributed by atoms with Crippen molar-refractivity contribution in [1.29, 1.82) is 0 Å². The van der Waals surface area contributed by atoms with E-state index in [9.17, 15) is 17.6 Å². The average Bonchev–Trinajstić information content (AvgIpc) is 2.54. The largest absolute Gasteiger partial charge is 0.383 e. The fourth-order valence-electron chi connectivity index (χ4n) is 2.54. The summed E-state index contributed by atoms with van der Waals surface area (Å²) in [5.74, 6) is -4.20. The number of nitrogen functional groups attached to an aromatic ring is 1. The zero-order valence-electron chi connectivity index (χ0n) is 12.6. The maximum absolute atomic E-state index is 14.1. The lowest BCUT2D eigenvalue weighted by Gasteiger charge is -2.13. The molecule has 0 aliphatic heterocycles. The van der Waals surface area contributed by atoms with E-state index in [0.717, 1.165) is 12.1 Å². The number of nitrogens with two attached hydrogens (primary N) is 1. The predicted octanol–water partition coefficient (Wildman–Crippen LogP) is 4.86. The van der Waals surface area contributed by atoms with Gasteiger partial charge in [-0.2, -0.15) is 0 Å². The molecular weight excluding hydrogens is 320 g/mol. The van der Waals surface area contributed by atoms with Gasteiger partial charge in [-0.1, -0.05) is 24.3 Å². The third-order valence-electron chi connectivity index (χ3n) is 3.73. The van der Waals surface area contributed by atoms with Gasteiger partial charge >= 0.3 is 0 Å². The highest BCUT2D eigenvalue weighted by atomic mass is 19.2. The van der Waals surface area contributed by atoms with Crippen molar-refractivity contribution in [2.24, 2.45) is 0 Å². The van der Waals surface area contributed by atoms with Gasteiger partial charge in [-0.3, -0.25) is 0 Å². The molecule has 3 aromatic rings. The summed E-state index contributed by atoms with van der Waals surface area (Å²) in [6, 6.07) is 8.75. The van der Waals surface area contributed by atoms with Crippen LogP contribution in [-0.2, 0) is 0 Å². The van der Waals surface area contributed by atoms with Crippen LogP contribution in [0.2, 0.25) is 0 Å². The molecule has 1 aromatic heterocycles. The van der Waals surface area contributed by atoms with E-state index >= 15 is 0 Å². The smallest absolute Gasteiger partial charge is 0.166 e. The summed E-state index contributed by atoms with van der Waals surface area (Å²) in [6.45, 7) is 1.57. The molecule has 2 nitrogen and oxygen atoms in total. The van der Waals surface area contributed by atoms with Crippen LogP contribution in [0.4, 0.5) is 23.4 Å². The Kier molecular flexibility index (Phi) is 3.97. The summed E-state index contributed by atoms with van der Waals surface area (Å²) in [4.78, 5) is 4.07. The quantitative estimate of drug-likeness (QED) is 0.681. The molecule has 6 heteroatoms. The van der Waals surface area contributed by atoms with Crippen LogP contribution in [0.3, 0.4) is 0 Å². The maximum Gasteiger partial charge on any atom is 0.166 e. The summed E-state index contributed by atoms with van der Waals surface area (Å²) < 4.78 is 55.1. The predicted molar refractivity (Wildman–Crippen MR) is 84.1 cm³/mol. The van der Waals surface area contributed by atoms with Crippen molar-refractivity contribution in [2.75, 3.05) is 5.73 Å². The number of benzene rings is 2. The second-order valence-electron chi connectivity index (χ2n) is 5.26. The molecule has 0 aliphatic carbocycles. The molecule has 2 aromatic carbocycles. The van der Waals surface area contributed by atoms with Gasteiger partial charge in [0.2, 0.25) is 0 Å². The number of hydrogen-bond donors (Lipinski definition) is 1. The van der Waals surface area contributed by atoms with Gasteiger partial charge in [-0.25, -0.2) is 22.5 Å². The van der Waals surface area contributed by atoms with Crippen LogP contribution in [0, 0.1) is 30.2 Å². The number of hydrogen-bond acceptors (Lipinski definition) is 2. The first kappa shape index (κ1) is 16.0. The molecule has 0 fully saturated rings. The van der Waals surface area contributed by atoms with Crippen molar-refractivity contribution >= 4 is 5.82 Å². The molecule has 0 saturated carbocycles. The van der Waals surface area contributed by atoms with Crippen LogP contribution < -0.4 is 5.73 Å². The van der Waals surface area contributed by atoms with Gasteiger partial charge in [0.15, 0.2) is 23.3 Å². The van der Waals surface area contributed by atoms with E-state index in [1.165, 1.54) is 30.3 Å². The van der Waals surface area contributed by atoms with Crippen LogP contribution in [0.25, 0.3) is 22.3 Å². The van der Waals surface area contributed by atoms with E-state index in [0.29, 0.717) is 5.69 Å². The van der Waals surface area contributed by atoms with Crippen molar-refractivity contribution < 1.29 is 17.6 Å². The number of pyridine rings is 1. The lowest BCUT2D eigenvalue weighted by Crippen LogP contribution is -2.01. The molecule has 0 spiro atoms. The number of aryl methyl sites for hydroxylation is 1. The normalized spacial score (nSPS) is 10.9. The van der Waals surface area contributed by atoms with Crippen LogP contribution in [0.15, 0.2) is 42.5 Å². The first-order chi connectivity index (χ1) is 11.4. The van der Waals surface area contributed by atoms with E-state index in [4.69, 9.17) is 5.73 Å². The molecule has 2 N–H and O–H groups in total. The summed E-state index contributed by atoms with van der Waals surface area (Å²) in [6.07, 6.45) is 0. The summed E-state index contributed by atoms with van der Waals surface area (Å²) >= 11 is 0. The Balaban J connectivity index is 2.27. The standard InChI is InChI=1S/C18H12F4N2/c1-9-12(10-4-2-6-14(19)16(10)21)8-13(18(23)24-9)11-5-3-7-15(20)17(11)22/h2-8H,1H3,(H2,23,24). The Labute approximate surface area is 135 Å². The lowest BCUT2D eigenvalue weighted by molar-refractivity contribution is 0.511. The van der Waals surface area contributed by atoms with E-state index in [1.54, 1.807) is 6.92 Å². The Morgan fingerprint density at radius 3 is 1.79 bits per heavy atom. The number of anilines is 1. The van der Waals surface area contributed by atoms with Gasteiger partial charge < -0.3 is 5.73 Å². The van der Waals surface area contributed by atoms with E-state index in [-0.39, 0.29) is 28.1 Å². The van der Waals surface area contributed by atoms with Crippen LogP contribution in [-0.4, -0.2) is 4.98 Å². The number of rotatable bonds is 2. The van der Waals surface area contributed by atoms with E-state index < -0.39 is 23.3 Å². The molecule has 0 radical (unpaired) electrons. The third kappa shape index (κ3) is 2.60. The molecule has 0 aliphatic rings. The van der Waals surface area contributed by atoms with Crippen molar-refractivity contribution in [3.05, 3.63) is 71.4 Å². The number of aromatic nitrogens is 1. The van der Waals surface area contributed by atoms with Gasteiger partial charge in [-0.15, -0.1) is 0 Å². The molecular formula is C18H12F4N2. The Morgan fingerprint density at radius 2 is 1.25 bits per heavy atom. The van der Waals surface area contributed by atoms with Crippen molar-refractivity contribution in [1.82, 2.24) is 4.98 Å². The summed E-state index contributed by atoms with van der Waals surface area (Å²) in [7, 11) is 0. The minimum Gasteiger partial charge on any atom is -0.383 e. The van der Waals surface area contributed by atoms with Crippen molar-refractivity contribution in [3.8, 4) is 22.3 Å². The number of halogens is 4. The van der Waals surface area contributed by atoms with Gasteiger partial charge in [0.25, 0.3) is 0 Å². The van der Waals surface area contributed by atoms with Gasteiger partial charge in [0.1, 0.15) is 5.82 Å². The zero-order valence-corrected chi connectivity index (χ0v) is 12.6. The molecule has 122 valence electrons. The minimum absolute atomic E-state index is 0.0296. The second-order valence-corrected chi connectivity index (χ2v) is 5.26. The highest BCUT2D eigenvalue weighted by molar-refractivity contribution is 5.81. The van der Waals surface area contributed by atoms with Crippen LogP contribution in [0.5, 0.6) is 0 Å². The fourth-order valence-corrected chi connectivity index (χ4v) is 2.54. The lowest BCUT2D eigenvalue weighted by atomic mass is 9.97. The highest BCUT2D eigenvalue weighted by Crippen LogP contribution is 2.35. The average molecular weight is 332 g/mol. The van der Waals surface area contributed by atoms with E-state index in [2.05, 4.69) is 4.98 Å². The Morgan fingerprint density at radius 1 is 0.750 bits per heavy atom. The molecule has 1 heterocycles. The molecule has 0 unspecified atom stereocenters. The zero-order chi connectivity index (χ0) is 17.4. The molecule has 3 rings (SSSR count). The Bertz CT molecular complexity index is 866. The molecule has 0 amide bonds. The van der Waals surface area contributed by atoms with Gasteiger partial charge in [0.05, 0.1) is 0 Å². The number of nitrogens with zero attached hydrogens (tertiary/aromatic N) is 1. The molecule has 24 heavy (non-hydrogen) atoms. The van der Waals surface area contributed by atoms with Gasteiger partial charge in [0, 0.05) is 27.9 Å². The van der Waals surface area contributed by atoms with Crippen molar-refractivity contribution in [3.63, 3.8) is 0 Å². The monoisotopic (exact) mass is 332 g/mol. The second kappa shape index (κ2) is 5.96. The van der Waals surface area contributed by atoms with Gasteiger partial charge in [-0.05, 0) is 25.1 Å². The van der Waals surface area contributed by atoms with Crippen LogP contribution in [0.1, 0.15) is 5.69 Å². The molecule has 0 saturated heterocycles. The SMILES string of the molecule is Cc1nc(N)c(-c2cccc(F)c2F)cc1-c1cccc(F)c1F. The molecule has 0 bridgehead atoms. The van der Waals surface area contributed by atoms with Crippen LogP contribution >= 0.6 is 0 Å². The Hall–Kier alpha value is -2.89. The first-order valence-corrected chi connectivity index (χ1v) is 7.06. The van der Waals surface area contributed by atoms with E-state index in [1.807, 2.05) is 0 Å². The summed E-state index contributed by atoms with van der Waals surface area (Å²) in [5.41, 5.74) is 6.39. The summed E-state index contributed by atoms with van der Waals surface area (Å²) in [5, 5.41) is 0. The minimum atomic E-state index is -1.08. The maximum atomic E-state index is 14.1. The topological polar surface area (TPSA) is 38.9 Å².